The summed E-state index contributed by atoms with van der Waals surface area (Å²) in [5.41, 5.74) is 31.2. The Labute approximate surface area is 772 Å². The van der Waals surface area contributed by atoms with Crippen LogP contribution in [0.5, 0.6) is 0 Å². The maximum absolute atomic E-state index is 16.0. The zero-order chi connectivity index (χ0) is 93.8. The number of nitrogens with one attached hydrogen (secondary N) is 3. The number of ether oxygens (including phenoxy) is 6. The van der Waals surface area contributed by atoms with Gasteiger partial charge in [-0.15, -0.1) is 15.3 Å². The van der Waals surface area contributed by atoms with Crippen LogP contribution in [0.15, 0.2) is 76.1 Å². The lowest BCUT2D eigenvalue weighted by Crippen LogP contribution is -2.34. The zero-order valence-electron chi connectivity index (χ0n) is 66.4. The van der Waals surface area contributed by atoms with Crippen molar-refractivity contribution in [3.05, 3.63) is 92.8 Å². The van der Waals surface area contributed by atoms with Gasteiger partial charge < -0.3 is 123 Å². The summed E-state index contributed by atoms with van der Waals surface area (Å²) in [5, 5.41) is 24.1. The summed E-state index contributed by atoms with van der Waals surface area (Å²) in [6.45, 7) is -23.9. The largest absolute Gasteiger partial charge is 0.398 e. The standard InChI is InChI=1S/C21H23F2N9O9P2S2.C21H25N9O9P2S2.C19H21F2N11O8P2S3/c22-10-8-3-36-42(34,44)40-14-9(39-19(11(14)23)31-5-27-12-7(24)1-2-26-16(12)31)4-37-43(35,45)41-15(10)20(38-8)32-6-28-13-17(32)29-21(25)30-18(13)33;22-11-1-3-24-17-10(11)2-4-29(17)15-6-12-14(37-15)8-35-41(33,43)39-13-5-9(7-34-40(32,42)38-12)36-20(13)30-18-16(27-28-30)19(31)26-21(23)25-18;20-8-6-3-36-42(44,45)40-12-7(38-17(9(12)21)31-14-10(27-29-31)5(22)1-2-24-14)4-35-41(34,43)39-13(8)18(37-6)32-15-11(28-30-32)16(33)26-19(23)25-15/h1-2,5-6,8-11,14-15,19-20H,3-4H2,(H2,24,26)(H,34,44)(H,35,45)(H3,25,29,30,33);1-4,9,12-15,20H,5-8H2,(H2,22,24)(H,32,42)(H,33,43)(H3,23,25,26,31);1-2,6-9,12-13,17-18H,3-4H2,(H2,22,24)(H,34,43)(H,44,45)(H3,23,25,26,33)/t8-,9-,10-,11+,14-,15-,19-,20-,42?,43?;9-,12-,13+,14+,15+,20+,40?,41?;6-,7-,8-,9+,12-,13-,17-,18-,41?/m101/s1. The van der Waals surface area contributed by atoms with E-state index in [0.717, 1.165) is 25.6 Å². The molecule has 12 aromatic heterocycles. The molecule has 21 heterocycles. The van der Waals surface area contributed by atoms with Gasteiger partial charge in [0, 0.05) is 48.7 Å². The Bertz CT molecular complexity index is 6790. The number of pyridine rings is 3. The van der Waals surface area contributed by atoms with Crippen molar-refractivity contribution < 1.29 is 124 Å². The van der Waals surface area contributed by atoms with Gasteiger partial charge in [-0.1, -0.05) is 40.1 Å². The number of halogens is 4. The van der Waals surface area contributed by atoms with Crippen molar-refractivity contribution in [2.45, 2.75) is 148 Å². The van der Waals surface area contributed by atoms with Crippen LogP contribution in [0, 0.1) is 0 Å². The number of hydrogen-bond acceptors (Lipinski definition) is 47. The van der Waals surface area contributed by atoms with Crippen molar-refractivity contribution in [2.75, 3.05) is 74.0 Å². The van der Waals surface area contributed by atoms with E-state index in [-0.39, 0.29) is 99.9 Å². The first-order chi connectivity index (χ1) is 63.1. The van der Waals surface area contributed by atoms with Crippen molar-refractivity contribution in [3.8, 4) is 0 Å². The number of fused-ring (bicyclic) bond motifs is 15. The minimum Gasteiger partial charge on any atom is -0.398 e. The smallest absolute Gasteiger partial charge is 0.386 e. The molecule has 9 aliphatic heterocycles. The maximum atomic E-state index is 16.0. The number of thiol groups is 2. The molecule has 72 heteroatoms. The van der Waals surface area contributed by atoms with Gasteiger partial charge in [-0.05, 0) is 83.3 Å². The Morgan fingerprint density at radius 3 is 1.50 bits per heavy atom. The normalized spacial score (nSPS) is 36.9. The molecule has 133 heavy (non-hydrogen) atoms. The Kier molecular flexibility index (Phi) is 25.9. The average molecular weight is 2110 g/mol. The van der Waals surface area contributed by atoms with E-state index in [1.807, 2.05) is 6.07 Å². The van der Waals surface area contributed by atoms with Gasteiger partial charge in [0.2, 0.25) is 23.5 Å². The number of hydrogen-bond donors (Lipinski definition) is 15. The summed E-state index contributed by atoms with van der Waals surface area (Å²) >= 11 is 34.7. The molecule has 6 bridgehead atoms. The van der Waals surface area contributed by atoms with Crippen molar-refractivity contribution >= 4 is 225 Å². The van der Waals surface area contributed by atoms with E-state index in [4.69, 9.17) is 176 Å². The van der Waals surface area contributed by atoms with E-state index >= 15 is 17.6 Å². The molecule has 9 fully saturated rings. The van der Waals surface area contributed by atoms with Gasteiger partial charge in [-0.25, -0.2) is 47.0 Å². The van der Waals surface area contributed by atoms with Gasteiger partial charge in [-0.3, -0.25) is 56.6 Å². The number of H-pyrrole nitrogens is 3. The highest BCUT2D eigenvalue weighted by Gasteiger charge is 2.58. The number of nitrogens with zero attached hydrogens (tertiary/aromatic N) is 20. The lowest BCUT2D eigenvalue weighted by Gasteiger charge is -2.27. The first-order valence-corrected chi connectivity index (χ1v) is 55.6. The molecule has 0 amide bonds. The third-order valence-corrected chi connectivity index (χ3v) is 31.7. The minimum atomic E-state index is -4.48. The predicted molar refractivity (Wildman–Crippen MR) is 472 cm³/mol. The van der Waals surface area contributed by atoms with Crippen LogP contribution in [0.4, 0.5) is 52.5 Å². The van der Waals surface area contributed by atoms with Crippen LogP contribution in [0.1, 0.15) is 50.2 Å². The SMILES string of the molecule is Nc1nc2c(ncn2[C@@H]2O[C@@H]3COP(O)(=S)O[C@H]4[C@H](F)[C@H](n5cnc6c(N)ccnc65)O[C@@H]4COP(O)(=S)O[C@@H]2[C@@H]3F)c(=O)[nH]1.Nc1nc2c(nnn2[C@@H]2O[C@@H]3COP(=S)(S)O[C@H]4[C@H](F)[C@H](n5nnc6c(N)ccnc65)O[C@@H]4COP(=O)(S)O[C@@H]2[C@@H]3F)c(=O)[nH]1.Nc1nc2c(nnn2[C@@H]2O[C@@H]3COP(O)(=S)O[C@H]4C[C@H](n5ccc6c(N)ccnc65)O[C@@H]4COP(O)(=S)O[C@@H]2C3)c(=O)[nH]1. The van der Waals surface area contributed by atoms with Crippen LogP contribution in [0.2, 0.25) is 0 Å². The number of anilines is 6. The van der Waals surface area contributed by atoms with Gasteiger partial charge in [0.15, 0.2) is 106 Å². The van der Waals surface area contributed by atoms with Crippen LogP contribution in [-0.4, -0.2) is 271 Å². The lowest BCUT2D eigenvalue weighted by molar-refractivity contribution is -0.0635. The summed E-state index contributed by atoms with van der Waals surface area (Å²) in [6, 6.07) is 6.53. The lowest BCUT2D eigenvalue weighted by atomic mass is 10.1. The first-order valence-electron chi connectivity index (χ1n) is 38.7. The molecular weight excluding hydrogens is 2040 g/mol. The third-order valence-electron chi connectivity index (χ3n) is 21.7. The molecule has 0 spiro atoms. The summed E-state index contributed by atoms with van der Waals surface area (Å²) in [7, 11) is 0. The molecule has 9 saturated heterocycles. The second-order valence-corrected chi connectivity index (χ2v) is 49.5. The molecule has 9 aliphatic rings. The number of nitrogens with two attached hydrogens (primary N) is 6. The van der Waals surface area contributed by atoms with E-state index in [1.165, 1.54) is 40.1 Å². The first kappa shape index (κ1) is 94.6. The van der Waals surface area contributed by atoms with Crippen molar-refractivity contribution in [1.29, 1.82) is 0 Å². The zero-order valence-corrected chi connectivity index (χ0v) is 77.7. The van der Waals surface area contributed by atoms with E-state index in [9.17, 15) is 38.5 Å². The molecule has 21 rings (SSSR count). The molecular formula is C61H69F4N29O26P6S7. The Balaban J connectivity index is 0.000000129. The highest BCUT2D eigenvalue weighted by molar-refractivity contribution is 8.60. The van der Waals surface area contributed by atoms with Crippen molar-refractivity contribution in [2.24, 2.45) is 0 Å². The number of alkyl halides is 4. The van der Waals surface area contributed by atoms with Gasteiger partial charge in [0.25, 0.3) is 16.7 Å². The van der Waals surface area contributed by atoms with E-state index in [1.54, 1.807) is 23.0 Å². The van der Waals surface area contributed by atoms with Crippen LogP contribution in [0.3, 0.4) is 0 Å². The highest BCUT2D eigenvalue weighted by atomic mass is 32.9. The predicted octanol–water partition coefficient (Wildman–Crippen LogP) is 2.00. The molecule has 0 aliphatic carbocycles. The third kappa shape index (κ3) is 18.9. The molecule has 55 nitrogen and oxygen atoms in total. The number of aromatic amines is 3. The maximum Gasteiger partial charge on any atom is 0.386 e. The fourth-order valence-corrected chi connectivity index (χ4v) is 24.9. The summed E-state index contributed by atoms with van der Waals surface area (Å²) < 4.78 is 188. The van der Waals surface area contributed by atoms with E-state index < -0.39 is 218 Å². The van der Waals surface area contributed by atoms with Crippen LogP contribution < -0.4 is 51.1 Å². The highest BCUT2D eigenvalue weighted by Crippen LogP contribution is 2.63. The number of imidazole rings is 2. The second kappa shape index (κ2) is 36.4. The monoisotopic (exact) mass is 2110 g/mol. The van der Waals surface area contributed by atoms with Gasteiger partial charge >= 0.3 is 33.7 Å². The van der Waals surface area contributed by atoms with Gasteiger partial charge in [0.05, 0.1) is 75.9 Å². The molecule has 0 radical (unpaired) electrons. The Morgan fingerprint density at radius 1 is 0.398 bits per heavy atom. The number of rotatable bonds is 6. The Hall–Kier alpha value is -7.41. The van der Waals surface area contributed by atoms with Crippen LogP contribution in [0.25, 0.3) is 66.9 Å². The number of aromatic nitrogens is 23. The molecule has 12 aromatic rings. The Morgan fingerprint density at radius 2 is 0.857 bits per heavy atom. The fraction of sp³-hybridized carbons (Fsp3) is 0.492. The van der Waals surface area contributed by atoms with Gasteiger partial charge in [0.1, 0.15) is 78.4 Å². The van der Waals surface area contributed by atoms with E-state index in [2.05, 4.69) is 110 Å². The quantitative estimate of drug-likeness (QED) is 0.0643. The second-order valence-electron chi connectivity index (χ2n) is 30.2. The molecule has 19 N–H and O–H groups in total. The van der Waals surface area contributed by atoms with E-state index in [0.29, 0.717) is 22.5 Å². The molecule has 0 saturated carbocycles. The summed E-state index contributed by atoms with van der Waals surface area (Å²) in [6.07, 6.45) is -22.1. The molecule has 0 aromatic carbocycles. The van der Waals surface area contributed by atoms with Gasteiger partial charge in [-0.2, -0.15) is 29.0 Å². The van der Waals surface area contributed by atoms with Crippen LogP contribution >= 0.6 is 63.9 Å². The molecule has 714 valence electrons. The van der Waals surface area contributed by atoms with Crippen molar-refractivity contribution in [1.82, 2.24) is 114 Å². The number of nitrogen functional groups attached to an aromatic ring is 6. The van der Waals surface area contributed by atoms with Crippen LogP contribution in [-0.2, 0) is 146 Å². The molecule has 6 unspecified atom stereocenters. The minimum absolute atomic E-state index is 0.0207. The summed E-state index contributed by atoms with van der Waals surface area (Å²) in [4.78, 5) is 121. The average Bonchev–Trinajstić information content (AvgIpc) is 1.66. The topological polar surface area (TPSA) is 729 Å². The summed E-state index contributed by atoms with van der Waals surface area (Å²) in [5.74, 6) is -0.699. The fourth-order valence-electron chi connectivity index (χ4n) is 15.7. The van der Waals surface area contributed by atoms with Crippen molar-refractivity contribution in [3.63, 3.8) is 0 Å². The molecule has 28 atom stereocenters.